The number of anilines is 2. The molecule has 2 aliphatic rings. The second-order valence-corrected chi connectivity index (χ2v) is 6.50. The second kappa shape index (κ2) is 7.80. The summed E-state index contributed by atoms with van der Waals surface area (Å²) >= 11 is 0. The summed E-state index contributed by atoms with van der Waals surface area (Å²) in [6, 6.07) is 18.3. The van der Waals surface area contributed by atoms with Gasteiger partial charge in [-0.05, 0) is 50.6 Å². The highest BCUT2D eigenvalue weighted by atomic mass is 35.5. The molecule has 1 aliphatic heterocycles. The molecule has 27 heavy (non-hydrogen) atoms. The van der Waals surface area contributed by atoms with Gasteiger partial charge in [0, 0.05) is 23.0 Å². The normalized spacial score (nSPS) is 11.6. The van der Waals surface area contributed by atoms with Gasteiger partial charge in [0.1, 0.15) is 17.8 Å². The zero-order chi connectivity index (χ0) is 18.1. The van der Waals surface area contributed by atoms with E-state index < -0.39 is 0 Å². The molecule has 4 rings (SSSR count). The van der Waals surface area contributed by atoms with Crippen molar-refractivity contribution in [3.63, 3.8) is 0 Å². The Labute approximate surface area is 164 Å². The molecule has 4 nitrogen and oxygen atoms in total. The SMILES string of the molecule is CC[NH+]=c1cc2oc3cc(Nc4ccccc4C)ccc3nc-2cc1C.[Cl-]. The quantitative estimate of drug-likeness (QED) is 0.503. The molecule has 0 spiro atoms. The molecule has 0 bridgehead atoms. The molecular weight excluding hydrogens is 358 g/mol. The van der Waals surface area contributed by atoms with E-state index in [0.717, 1.165) is 45.8 Å². The lowest BCUT2D eigenvalue weighted by Gasteiger charge is -2.11. The summed E-state index contributed by atoms with van der Waals surface area (Å²) in [6.07, 6.45) is 0. The van der Waals surface area contributed by atoms with Crippen molar-refractivity contribution in [3.8, 4) is 11.5 Å². The Morgan fingerprint density at radius 1 is 1.00 bits per heavy atom. The maximum absolute atomic E-state index is 6.15. The lowest BCUT2D eigenvalue weighted by atomic mass is 10.1. The number of rotatable bonds is 3. The number of hydrogen-bond acceptors (Lipinski definition) is 3. The maximum atomic E-state index is 6.15. The van der Waals surface area contributed by atoms with E-state index in [9.17, 15) is 0 Å². The molecule has 0 unspecified atom stereocenters. The summed E-state index contributed by atoms with van der Waals surface area (Å²) in [6.45, 7) is 7.13. The fourth-order valence-electron chi connectivity index (χ4n) is 3.11. The minimum atomic E-state index is 0. The van der Waals surface area contributed by atoms with Crippen LogP contribution < -0.4 is 28.1 Å². The van der Waals surface area contributed by atoms with Crippen LogP contribution in [0.2, 0.25) is 0 Å². The van der Waals surface area contributed by atoms with Gasteiger partial charge >= 0.3 is 0 Å². The van der Waals surface area contributed by atoms with E-state index in [-0.39, 0.29) is 12.4 Å². The van der Waals surface area contributed by atoms with Crippen LogP contribution in [0.5, 0.6) is 0 Å². The van der Waals surface area contributed by atoms with Gasteiger partial charge in [-0.25, -0.2) is 9.98 Å². The fraction of sp³-hybridized carbons (Fsp3) is 0.182. The number of halogens is 1. The van der Waals surface area contributed by atoms with Gasteiger partial charge in [-0.15, -0.1) is 0 Å². The van der Waals surface area contributed by atoms with Gasteiger partial charge in [-0.3, -0.25) is 0 Å². The Hall–Kier alpha value is -2.85. The molecule has 0 saturated carbocycles. The number of aromatic nitrogens is 1. The van der Waals surface area contributed by atoms with Gasteiger partial charge in [0.15, 0.2) is 11.3 Å². The maximum Gasteiger partial charge on any atom is 0.205 e. The molecule has 1 aliphatic carbocycles. The van der Waals surface area contributed by atoms with Crippen LogP contribution in [0.1, 0.15) is 18.1 Å². The van der Waals surface area contributed by atoms with Crippen molar-refractivity contribution in [2.24, 2.45) is 0 Å². The number of hydrogen-bond donors (Lipinski definition) is 2. The highest BCUT2D eigenvalue weighted by molar-refractivity contribution is 5.81. The molecule has 0 fully saturated rings. The molecule has 0 saturated heterocycles. The number of fused-ring (bicyclic) bond motifs is 2. The zero-order valence-corrected chi connectivity index (χ0v) is 16.4. The van der Waals surface area contributed by atoms with Crippen LogP contribution in [-0.2, 0) is 0 Å². The van der Waals surface area contributed by atoms with Gasteiger partial charge in [0.05, 0.1) is 6.07 Å². The predicted molar refractivity (Wildman–Crippen MR) is 104 cm³/mol. The lowest BCUT2D eigenvalue weighted by molar-refractivity contribution is -0.496. The third kappa shape index (κ3) is 3.81. The summed E-state index contributed by atoms with van der Waals surface area (Å²) in [5, 5.41) is 4.54. The summed E-state index contributed by atoms with van der Waals surface area (Å²) < 4.78 is 6.15. The number of nitrogens with zero attached hydrogens (tertiary/aromatic N) is 1. The van der Waals surface area contributed by atoms with E-state index in [4.69, 9.17) is 9.40 Å². The van der Waals surface area contributed by atoms with Gasteiger partial charge in [-0.2, -0.15) is 0 Å². The van der Waals surface area contributed by atoms with Gasteiger partial charge in [0.25, 0.3) is 0 Å². The summed E-state index contributed by atoms with van der Waals surface area (Å²) in [5.41, 5.74) is 6.93. The van der Waals surface area contributed by atoms with Crippen molar-refractivity contribution in [2.45, 2.75) is 20.8 Å². The third-order valence-corrected chi connectivity index (χ3v) is 4.52. The van der Waals surface area contributed by atoms with Gasteiger partial charge in [0.2, 0.25) is 5.36 Å². The standard InChI is InChI=1S/C22H21N3O.ClH/c1-4-23-19-13-22-20(11-15(19)3)25-18-10-9-16(12-21(18)26-22)24-17-8-6-5-7-14(17)2;/h5-13,24H,4H2,1-3H3;1H. The van der Waals surface area contributed by atoms with Crippen molar-refractivity contribution in [2.75, 3.05) is 11.9 Å². The minimum absolute atomic E-state index is 0. The first-order valence-electron chi connectivity index (χ1n) is 8.89. The first kappa shape index (κ1) is 18.9. The highest BCUT2D eigenvalue weighted by Gasteiger charge is 2.13. The van der Waals surface area contributed by atoms with E-state index >= 15 is 0 Å². The van der Waals surface area contributed by atoms with Crippen molar-refractivity contribution < 1.29 is 21.8 Å². The van der Waals surface area contributed by atoms with Crippen LogP contribution in [0.4, 0.5) is 11.4 Å². The highest BCUT2D eigenvalue weighted by Crippen LogP contribution is 2.28. The van der Waals surface area contributed by atoms with Gasteiger partial charge < -0.3 is 22.1 Å². The topological polar surface area (TPSA) is 52.0 Å². The Morgan fingerprint density at radius 2 is 1.81 bits per heavy atom. The van der Waals surface area contributed by atoms with E-state index in [1.807, 2.05) is 36.4 Å². The Bertz CT molecular complexity index is 1130. The van der Waals surface area contributed by atoms with Crippen LogP contribution in [0.15, 0.2) is 59.0 Å². The average Bonchev–Trinajstić information content (AvgIpc) is 2.63. The average molecular weight is 380 g/mol. The number of aryl methyl sites for hydroxylation is 2. The number of para-hydroxylation sites is 1. The minimum Gasteiger partial charge on any atom is -1.00 e. The Kier molecular flexibility index (Phi) is 5.47. The summed E-state index contributed by atoms with van der Waals surface area (Å²) in [4.78, 5) is 8.12. The Morgan fingerprint density at radius 3 is 2.59 bits per heavy atom. The molecule has 0 atom stereocenters. The summed E-state index contributed by atoms with van der Waals surface area (Å²) in [7, 11) is 0. The van der Waals surface area contributed by atoms with Crippen LogP contribution in [0, 0.1) is 13.8 Å². The number of nitrogens with one attached hydrogen (secondary N) is 2. The van der Waals surface area contributed by atoms with E-state index in [1.165, 1.54) is 11.1 Å². The first-order valence-corrected chi connectivity index (χ1v) is 8.89. The van der Waals surface area contributed by atoms with E-state index in [1.54, 1.807) is 0 Å². The fourth-order valence-corrected chi connectivity index (χ4v) is 3.11. The molecule has 138 valence electrons. The third-order valence-electron chi connectivity index (χ3n) is 4.52. The first-order chi connectivity index (χ1) is 12.6. The van der Waals surface area contributed by atoms with Crippen LogP contribution in [-0.4, -0.2) is 11.5 Å². The van der Waals surface area contributed by atoms with Crippen LogP contribution >= 0.6 is 0 Å². The molecule has 2 aromatic carbocycles. The molecule has 2 aromatic rings. The number of benzene rings is 3. The smallest absolute Gasteiger partial charge is 0.205 e. The molecule has 5 heteroatoms. The van der Waals surface area contributed by atoms with Crippen LogP contribution in [0.25, 0.3) is 22.6 Å². The van der Waals surface area contributed by atoms with E-state index in [2.05, 4.69) is 49.3 Å². The summed E-state index contributed by atoms with van der Waals surface area (Å²) in [5.74, 6) is 0.784. The monoisotopic (exact) mass is 379 g/mol. The van der Waals surface area contributed by atoms with Crippen molar-refractivity contribution in [1.82, 2.24) is 4.98 Å². The van der Waals surface area contributed by atoms with Crippen LogP contribution in [0.3, 0.4) is 0 Å². The largest absolute Gasteiger partial charge is 1.00 e. The zero-order valence-electron chi connectivity index (χ0n) is 15.6. The van der Waals surface area contributed by atoms with Crippen molar-refractivity contribution >= 4 is 22.5 Å². The lowest BCUT2D eigenvalue weighted by Crippen LogP contribution is -3.00. The second-order valence-electron chi connectivity index (χ2n) is 6.50. The van der Waals surface area contributed by atoms with Crippen molar-refractivity contribution in [3.05, 3.63) is 71.1 Å². The molecule has 0 aromatic heterocycles. The molecule has 0 radical (unpaired) electrons. The predicted octanol–water partition coefficient (Wildman–Crippen LogP) is 0.298. The van der Waals surface area contributed by atoms with Gasteiger partial charge in [-0.1, -0.05) is 18.2 Å². The van der Waals surface area contributed by atoms with E-state index in [0.29, 0.717) is 0 Å². The molecule has 2 N–H and O–H groups in total. The molecule has 0 amide bonds. The van der Waals surface area contributed by atoms with Crippen molar-refractivity contribution in [1.29, 1.82) is 0 Å². The molecular formula is C22H22ClN3O. The molecule has 1 heterocycles. The Balaban J connectivity index is 0.00000210.